The highest BCUT2D eigenvalue weighted by molar-refractivity contribution is 6.01. The molecule has 1 aliphatic rings. The number of carbonyl (C=O) groups is 1. The van der Waals surface area contributed by atoms with E-state index in [9.17, 15) is 4.79 Å². The van der Waals surface area contributed by atoms with Gasteiger partial charge in [0.05, 0.1) is 11.9 Å². The zero-order valence-electron chi connectivity index (χ0n) is 11.0. The van der Waals surface area contributed by atoms with Crippen LogP contribution in [-0.2, 0) is 13.1 Å². The third-order valence-corrected chi connectivity index (χ3v) is 3.55. The number of Topliss-reactive ketones (excluding diaryl/α,β-unsaturated/α-hetero) is 1. The van der Waals surface area contributed by atoms with Gasteiger partial charge < -0.3 is 4.90 Å². The van der Waals surface area contributed by atoms with Crippen molar-refractivity contribution in [3.63, 3.8) is 0 Å². The number of carbonyl (C=O) groups excluding carboxylic acids is 1. The van der Waals surface area contributed by atoms with E-state index in [-0.39, 0.29) is 5.78 Å². The zero-order chi connectivity index (χ0) is 13.2. The number of rotatable bonds is 3. The number of aromatic nitrogens is 2. The van der Waals surface area contributed by atoms with Gasteiger partial charge in [0.2, 0.25) is 0 Å². The largest absolute Gasteiger partial charge is 0.364 e. The molecule has 0 N–H and O–H groups in total. The van der Waals surface area contributed by atoms with Crippen molar-refractivity contribution in [3.8, 4) is 0 Å². The monoisotopic (exact) mass is 255 g/mol. The number of nitrogens with zero attached hydrogens (tertiary/aromatic N) is 3. The van der Waals surface area contributed by atoms with Crippen LogP contribution in [0.15, 0.2) is 36.5 Å². The van der Waals surface area contributed by atoms with Gasteiger partial charge in [-0.1, -0.05) is 30.3 Å². The summed E-state index contributed by atoms with van der Waals surface area (Å²) < 4.78 is 1.80. The molecule has 0 aliphatic carbocycles. The minimum absolute atomic E-state index is 0.207. The SMILES string of the molecule is CCn1ncc2c1C(=O)CCN2Cc1ccccc1. The Morgan fingerprint density at radius 1 is 1.26 bits per heavy atom. The molecule has 3 rings (SSSR count). The van der Waals surface area contributed by atoms with Crippen LogP contribution in [0.2, 0.25) is 0 Å². The maximum absolute atomic E-state index is 12.0. The lowest BCUT2D eigenvalue weighted by atomic mass is 10.1. The van der Waals surface area contributed by atoms with Crippen LogP contribution in [0.5, 0.6) is 0 Å². The summed E-state index contributed by atoms with van der Waals surface area (Å²) in [7, 11) is 0. The van der Waals surface area contributed by atoms with Gasteiger partial charge in [0.15, 0.2) is 5.78 Å². The highest BCUT2D eigenvalue weighted by Crippen LogP contribution is 2.28. The van der Waals surface area contributed by atoms with E-state index in [1.54, 1.807) is 4.68 Å². The van der Waals surface area contributed by atoms with Crippen LogP contribution in [-0.4, -0.2) is 22.1 Å². The molecule has 1 aromatic carbocycles. The van der Waals surface area contributed by atoms with E-state index in [0.717, 1.165) is 31.0 Å². The standard InChI is InChI=1S/C15H17N3O/c1-2-18-15-13(10-16-18)17(9-8-14(15)19)11-12-6-4-3-5-7-12/h3-7,10H,2,8-9,11H2,1H3. The van der Waals surface area contributed by atoms with Crippen LogP contribution in [0.3, 0.4) is 0 Å². The van der Waals surface area contributed by atoms with Gasteiger partial charge in [-0.2, -0.15) is 5.10 Å². The number of aryl methyl sites for hydroxylation is 1. The molecule has 98 valence electrons. The molecule has 0 amide bonds. The molecule has 0 radical (unpaired) electrons. The van der Waals surface area contributed by atoms with Crippen LogP contribution >= 0.6 is 0 Å². The molecule has 1 aliphatic heterocycles. The summed E-state index contributed by atoms with van der Waals surface area (Å²) in [5, 5.41) is 4.31. The molecule has 4 heteroatoms. The van der Waals surface area contributed by atoms with Crippen LogP contribution < -0.4 is 4.90 Å². The first-order valence-electron chi connectivity index (χ1n) is 6.67. The summed E-state index contributed by atoms with van der Waals surface area (Å²) in [6, 6.07) is 10.3. The zero-order valence-corrected chi connectivity index (χ0v) is 11.0. The molecule has 0 saturated carbocycles. The molecule has 0 fully saturated rings. The van der Waals surface area contributed by atoms with E-state index in [1.807, 2.05) is 31.3 Å². The number of fused-ring (bicyclic) bond motifs is 1. The molecule has 0 atom stereocenters. The van der Waals surface area contributed by atoms with E-state index in [0.29, 0.717) is 6.42 Å². The molecule has 0 saturated heterocycles. The summed E-state index contributed by atoms with van der Waals surface area (Å²) in [6.07, 6.45) is 2.39. The normalized spacial score (nSPS) is 14.6. The van der Waals surface area contributed by atoms with Crippen LogP contribution in [0.25, 0.3) is 0 Å². The van der Waals surface area contributed by atoms with Gasteiger partial charge in [0.1, 0.15) is 5.69 Å². The lowest BCUT2D eigenvalue weighted by molar-refractivity contribution is 0.0969. The van der Waals surface area contributed by atoms with Crippen molar-refractivity contribution in [2.24, 2.45) is 0 Å². The van der Waals surface area contributed by atoms with Crippen LogP contribution in [0.4, 0.5) is 5.69 Å². The van der Waals surface area contributed by atoms with Crippen LogP contribution in [0, 0.1) is 0 Å². The Hall–Kier alpha value is -2.10. The molecule has 1 aromatic heterocycles. The van der Waals surface area contributed by atoms with Gasteiger partial charge in [0, 0.05) is 26.1 Å². The Morgan fingerprint density at radius 2 is 2.05 bits per heavy atom. The Balaban J connectivity index is 1.92. The minimum atomic E-state index is 0.207. The van der Waals surface area contributed by atoms with Crippen molar-refractivity contribution in [1.29, 1.82) is 0 Å². The first-order valence-corrected chi connectivity index (χ1v) is 6.67. The Labute approximate surface area is 112 Å². The second-order valence-electron chi connectivity index (χ2n) is 4.77. The fourth-order valence-electron chi connectivity index (χ4n) is 2.58. The van der Waals surface area contributed by atoms with Gasteiger partial charge in [-0.3, -0.25) is 9.48 Å². The summed E-state index contributed by atoms with van der Waals surface area (Å²) in [5.74, 6) is 0.207. The van der Waals surface area contributed by atoms with Gasteiger partial charge in [-0.25, -0.2) is 0 Å². The van der Waals surface area contributed by atoms with E-state index < -0.39 is 0 Å². The predicted octanol–water partition coefficient (Wildman–Crippen LogP) is 2.50. The van der Waals surface area contributed by atoms with Crippen LogP contribution in [0.1, 0.15) is 29.4 Å². The third kappa shape index (κ3) is 2.14. The molecule has 0 bridgehead atoms. The second-order valence-corrected chi connectivity index (χ2v) is 4.77. The van der Waals surface area contributed by atoms with Gasteiger partial charge in [-0.15, -0.1) is 0 Å². The third-order valence-electron chi connectivity index (χ3n) is 3.55. The summed E-state index contributed by atoms with van der Waals surface area (Å²) in [6.45, 7) is 4.35. The number of benzene rings is 1. The highest BCUT2D eigenvalue weighted by atomic mass is 16.1. The molecule has 2 heterocycles. The van der Waals surface area contributed by atoms with Crippen molar-refractivity contribution in [3.05, 3.63) is 47.8 Å². The number of hydrogen-bond donors (Lipinski definition) is 0. The molecular formula is C15H17N3O. The highest BCUT2D eigenvalue weighted by Gasteiger charge is 2.27. The average molecular weight is 255 g/mol. The van der Waals surface area contributed by atoms with Crippen molar-refractivity contribution in [2.45, 2.75) is 26.4 Å². The quantitative estimate of drug-likeness (QED) is 0.845. The molecule has 19 heavy (non-hydrogen) atoms. The summed E-state index contributed by atoms with van der Waals surface area (Å²) in [4.78, 5) is 14.3. The van der Waals surface area contributed by atoms with Crippen molar-refractivity contribution in [2.75, 3.05) is 11.4 Å². The topological polar surface area (TPSA) is 38.1 Å². The molecular weight excluding hydrogens is 238 g/mol. The minimum Gasteiger partial charge on any atom is -0.364 e. The average Bonchev–Trinajstić information content (AvgIpc) is 2.88. The fourth-order valence-corrected chi connectivity index (χ4v) is 2.58. The maximum atomic E-state index is 12.0. The maximum Gasteiger partial charge on any atom is 0.184 e. The van der Waals surface area contributed by atoms with Gasteiger partial charge in [-0.05, 0) is 12.5 Å². The lowest BCUT2D eigenvalue weighted by Crippen LogP contribution is -2.32. The first-order chi connectivity index (χ1) is 9.29. The molecule has 4 nitrogen and oxygen atoms in total. The number of hydrogen-bond acceptors (Lipinski definition) is 3. The predicted molar refractivity (Wildman–Crippen MR) is 74.3 cm³/mol. The fraction of sp³-hybridized carbons (Fsp3) is 0.333. The second kappa shape index (κ2) is 4.88. The van der Waals surface area contributed by atoms with E-state index in [1.165, 1.54) is 5.56 Å². The molecule has 0 unspecified atom stereocenters. The summed E-state index contributed by atoms with van der Waals surface area (Å²) in [5.41, 5.74) is 3.00. The van der Waals surface area contributed by atoms with E-state index >= 15 is 0 Å². The first kappa shape index (κ1) is 12.0. The number of ketones is 1. The van der Waals surface area contributed by atoms with Gasteiger partial charge in [0.25, 0.3) is 0 Å². The number of anilines is 1. The van der Waals surface area contributed by atoms with Crippen molar-refractivity contribution < 1.29 is 4.79 Å². The molecule has 2 aromatic rings. The van der Waals surface area contributed by atoms with Gasteiger partial charge >= 0.3 is 0 Å². The molecule has 0 spiro atoms. The van der Waals surface area contributed by atoms with Crippen molar-refractivity contribution in [1.82, 2.24) is 9.78 Å². The Morgan fingerprint density at radius 3 is 2.79 bits per heavy atom. The lowest BCUT2D eigenvalue weighted by Gasteiger charge is -2.28. The van der Waals surface area contributed by atoms with E-state index in [2.05, 4.69) is 22.1 Å². The van der Waals surface area contributed by atoms with Crippen molar-refractivity contribution >= 4 is 11.5 Å². The van der Waals surface area contributed by atoms with E-state index in [4.69, 9.17) is 0 Å². The Kier molecular flexibility index (Phi) is 3.07. The Bertz CT molecular complexity index is 589. The smallest absolute Gasteiger partial charge is 0.184 e. The summed E-state index contributed by atoms with van der Waals surface area (Å²) >= 11 is 0.